The van der Waals surface area contributed by atoms with Crippen LogP contribution in [0.25, 0.3) is 0 Å². The first-order valence-electron chi connectivity index (χ1n) is 7.53. The van der Waals surface area contributed by atoms with E-state index in [1.807, 2.05) is 4.90 Å². The van der Waals surface area contributed by atoms with Gasteiger partial charge in [0.2, 0.25) is 5.91 Å². The molecule has 3 nitrogen and oxygen atoms in total. The van der Waals surface area contributed by atoms with Crippen LogP contribution < -0.4 is 5.73 Å². The number of carbonyl (C=O) groups excluding carboxylic acids is 1. The summed E-state index contributed by atoms with van der Waals surface area (Å²) in [6.07, 6.45) is 4.10. The summed E-state index contributed by atoms with van der Waals surface area (Å²) in [5.41, 5.74) is 5.97. The van der Waals surface area contributed by atoms with E-state index in [0.717, 1.165) is 38.8 Å². The van der Waals surface area contributed by atoms with Gasteiger partial charge < -0.3 is 10.6 Å². The Hall–Kier alpha value is -0.570. The highest BCUT2D eigenvalue weighted by molar-refractivity contribution is 5.79. The average molecular weight is 254 g/mol. The van der Waals surface area contributed by atoms with Crippen molar-refractivity contribution < 1.29 is 4.79 Å². The molecule has 1 rings (SSSR count). The van der Waals surface area contributed by atoms with Crippen molar-refractivity contribution >= 4 is 5.91 Å². The van der Waals surface area contributed by atoms with Crippen molar-refractivity contribution in [2.24, 2.45) is 23.5 Å². The molecule has 1 aliphatic carbocycles. The molecule has 3 heteroatoms. The molecule has 1 fully saturated rings. The molecule has 0 spiro atoms. The Morgan fingerprint density at radius 2 is 2.06 bits per heavy atom. The topological polar surface area (TPSA) is 46.3 Å². The van der Waals surface area contributed by atoms with Crippen molar-refractivity contribution in [2.75, 3.05) is 13.1 Å². The summed E-state index contributed by atoms with van der Waals surface area (Å²) in [7, 11) is 0. The van der Waals surface area contributed by atoms with E-state index in [1.165, 1.54) is 0 Å². The van der Waals surface area contributed by atoms with Gasteiger partial charge in [0.25, 0.3) is 0 Å². The van der Waals surface area contributed by atoms with Crippen LogP contribution in [0, 0.1) is 17.8 Å². The summed E-state index contributed by atoms with van der Waals surface area (Å²) in [5, 5.41) is 0. The van der Waals surface area contributed by atoms with Crippen LogP contribution in [0.1, 0.15) is 53.4 Å². The molecule has 1 amide bonds. The monoisotopic (exact) mass is 254 g/mol. The zero-order valence-corrected chi connectivity index (χ0v) is 12.5. The van der Waals surface area contributed by atoms with Gasteiger partial charge in [0.15, 0.2) is 0 Å². The summed E-state index contributed by atoms with van der Waals surface area (Å²) in [5.74, 6) is 1.59. The summed E-state index contributed by atoms with van der Waals surface area (Å²) in [6, 6.07) is 0.300. The fraction of sp³-hybridized carbons (Fsp3) is 0.933. The fourth-order valence-corrected chi connectivity index (χ4v) is 2.92. The molecule has 2 N–H and O–H groups in total. The lowest BCUT2D eigenvalue weighted by atomic mass is 9.77. The highest BCUT2D eigenvalue weighted by Gasteiger charge is 2.33. The van der Waals surface area contributed by atoms with E-state index in [2.05, 4.69) is 27.7 Å². The molecule has 0 aliphatic heterocycles. The van der Waals surface area contributed by atoms with E-state index in [0.29, 0.717) is 23.8 Å². The third kappa shape index (κ3) is 3.98. The summed E-state index contributed by atoms with van der Waals surface area (Å²) >= 11 is 0. The van der Waals surface area contributed by atoms with E-state index in [9.17, 15) is 4.79 Å². The number of rotatable bonds is 5. The van der Waals surface area contributed by atoms with Crippen LogP contribution in [0.3, 0.4) is 0 Å². The fourth-order valence-electron chi connectivity index (χ4n) is 2.92. The van der Waals surface area contributed by atoms with Crippen LogP contribution in [0.2, 0.25) is 0 Å². The van der Waals surface area contributed by atoms with Crippen molar-refractivity contribution in [3.63, 3.8) is 0 Å². The maximum Gasteiger partial charge on any atom is 0.225 e. The van der Waals surface area contributed by atoms with E-state index in [-0.39, 0.29) is 5.92 Å². The van der Waals surface area contributed by atoms with Gasteiger partial charge in [-0.05, 0) is 38.0 Å². The van der Waals surface area contributed by atoms with Gasteiger partial charge in [-0.1, -0.05) is 27.2 Å². The van der Waals surface area contributed by atoms with Crippen LogP contribution >= 0.6 is 0 Å². The first kappa shape index (κ1) is 15.5. The summed E-state index contributed by atoms with van der Waals surface area (Å²) in [4.78, 5) is 14.6. The number of nitrogens with zero attached hydrogens (tertiary/aromatic N) is 1. The van der Waals surface area contributed by atoms with Crippen LogP contribution in [-0.2, 0) is 4.79 Å². The molecule has 0 saturated heterocycles. The normalized spacial score (nSPS) is 29.9. The lowest BCUT2D eigenvalue weighted by Gasteiger charge is -2.35. The minimum absolute atomic E-state index is 0.203. The number of hydrogen-bond acceptors (Lipinski definition) is 2. The predicted octanol–water partition coefficient (Wildman–Crippen LogP) is 2.64. The van der Waals surface area contributed by atoms with Gasteiger partial charge in [0, 0.05) is 25.0 Å². The molecule has 1 saturated carbocycles. The highest BCUT2D eigenvalue weighted by Crippen LogP contribution is 2.30. The predicted molar refractivity (Wildman–Crippen MR) is 76.2 cm³/mol. The largest absolute Gasteiger partial charge is 0.342 e. The Morgan fingerprint density at radius 1 is 1.39 bits per heavy atom. The molecule has 0 aromatic heterocycles. The van der Waals surface area contributed by atoms with E-state index < -0.39 is 0 Å². The van der Waals surface area contributed by atoms with E-state index in [4.69, 9.17) is 5.73 Å². The highest BCUT2D eigenvalue weighted by atomic mass is 16.2. The Labute approximate surface area is 112 Å². The Bertz CT molecular complexity index is 267. The SMILES string of the molecule is CCC(C)CN(CC)C(=O)C1CCC(N)CC1C. The number of nitrogens with two attached hydrogens (primary N) is 1. The third-order valence-corrected chi connectivity index (χ3v) is 4.45. The Balaban J connectivity index is 2.60. The molecular weight excluding hydrogens is 224 g/mol. The van der Waals surface area contributed by atoms with Gasteiger partial charge in [0.1, 0.15) is 0 Å². The second-order valence-electron chi connectivity index (χ2n) is 6.05. The first-order chi connectivity index (χ1) is 8.49. The zero-order chi connectivity index (χ0) is 13.7. The molecule has 0 aromatic carbocycles. The van der Waals surface area contributed by atoms with Crippen molar-refractivity contribution in [1.29, 1.82) is 0 Å². The molecule has 0 aromatic rings. The second-order valence-corrected chi connectivity index (χ2v) is 6.05. The van der Waals surface area contributed by atoms with Crippen LogP contribution in [0.15, 0.2) is 0 Å². The number of hydrogen-bond donors (Lipinski definition) is 1. The van der Waals surface area contributed by atoms with Gasteiger partial charge >= 0.3 is 0 Å². The van der Waals surface area contributed by atoms with E-state index in [1.54, 1.807) is 0 Å². The molecule has 0 bridgehead atoms. The maximum atomic E-state index is 12.6. The Kier molecular flexibility index (Phi) is 6.13. The first-order valence-corrected chi connectivity index (χ1v) is 7.53. The van der Waals surface area contributed by atoms with Crippen LogP contribution in [-0.4, -0.2) is 29.9 Å². The van der Waals surface area contributed by atoms with Gasteiger partial charge in [-0.2, -0.15) is 0 Å². The van der Waals surface area contributed by atoms with Gasteiger partial charge in [-0.3, -0.25) is 4.79 Å². The minimum atomic E-state index is 0.203. The molecule has 4 atom stereocenters. The molecule has 106 valence electrons. The molecule has 0 heterocycles. The molecule has 4 unspecified atom stereocenters. The summed E-state index contributed by atoms with van der Waals surface area (Å²) in [6.45, 7) is 10.4. The van der Waals surface area contributed by atoms with Gasteiger partial charge in [-0.25, -0.2) is 0 Å². The molecule has 0 radical (unpaired) electrons. The molecular formula is C15H30N2O. The van der Waals surface area contributed by atoms with Gasteiger partial charge in [0.05, 0.1) is 0 Å². The zero-order valence-electron chi connectivity index (χ0n) is 12.5. The quantitative estimate of drug-likeness (QED) is 0.820. The maximum absolute atomic E-state index is 12.6. The van der Waals surface area contributed by atoms with E-state index >= 15 is 0 Å². The lowest BCUT2D eigenvalue weighted by molar-refractivity contribution is -0.138. The van der Waals surface area contributed by atoms with Crippen molar-refractivity contribution in [1.82, 2.24) is 4.90 Å². The third-order valence-electron chi connectivity index (χ3n) is 4.45. The number of amides is 1. The summed E-state index contributed by atoms with van der Waals surface area (Å²) < 4.78 is 0. The number of carbonyl (C=O) groups is 1. The van der Waals surface area contributed by atoms with Gasteiger partial charge in [-0.15, -0.1) is 0 Å². The Morgan fingerprint density at radius 3 is 2.56 bits per heavy atom. The lowest BCUT2D eigenvalue weighted by Crippen LogP contribution is -2.44. The molecule has 1 aliphatic rings. The van der Waals surface area contributed by atoms with Crippen molar-refractivity contribution in [3.8, 4) is 0 Å². The van der Waals surface area contributed by atoms with Crippen LogP contribution in [0.4, 0.5) is 0 Å². The molecule has 18 heavy (non-hydrogen) atoms. The minimum Gasteiger partial charge on any atom is -0.342 e. The van der Waals surface area contributed by atoms with Crippen LogP contribution in [0.5, 0.6) is 0 Å². The van der Waals surface area contributed by atoms with Crippen molar-refractivity contribution in [3.05, 3.63) is 0 Å². The average Bonchev–Trinajstić information content (AvgIpc) is 2.34. The standard InChI is InChI=1S/C15H30N2O/c1-5-11(3)10-17(6-2)15(18)14-8-7-13(16)9-12(14)4/h11-14H,5-10,16H2,1-4H3. The smallest absolute Gasteiger partial charge is 0.225 e. The van der Waals surface area contributed by atoms with Crippen molar-refractivity contribution in [2.45, 2.75) is 59.4 Å². The second kappa shape index (κ2) is 7.13.